The topological polar surface area (TPSA) is 188 Å². The third kappa shape index (κ3) is 11.5. The van der Waals surface area contributed by atoms with Crippen LogP contribution in [-0.4, -0.2) is 76.0 Å². The van der Waals surface area contributed by atoms with Gasteiger partial charge in [0.1, 0.15) is 18.1 Å². The second-order valence-electron chi connectivity index (χ2n) is 9.22. The number of benzene rings is 2. The van der Waals surface area contributed by atoms with Crippen molar-refractivity contribution >= 4 is 41.4 Å². The largest absolute Gasteiger partial charge is 0.481 e. The molecule has 0 aromatic heterocycles. The van der Waals surface area contributed by atoms with Crippen LogP contribution in [0.2, 0.25) is 0 Å². The average molecular weight is 573 g/mol. The highest BCUT2D eigenvalue weighted by atomic mass is 32.2. The summed E-state index contributed by atoms with van der Waals surface area (Å²) in [4.78, 5) is 62.4. The number of thioether (sulfide) groups is 1. The van der Waals surface area contributed by atoms with Crippen molar-refractivity contribution in [2.24, 2.45) is 5.73 Å². The van der Waals surface area contributed by atoms with Gasteiger partial charge in [-0.2, -0.15) is 11.8 Å². The third-order valence-corrected chi connectivity index (χ3v) is 6.71. The second-order valence-corrected chi connectivity index (χ2v) is 10.2. The maximum atomic E-state index is 13.4. The van der Waals surface area contributed by atoms with E-state index in [0.717, 1.165) is 5.56 Å². The van der Waals surface area contributed by atoms with Crippen LogP contribution in [0.4, 0.5) is 0 Å². The van der Waals surface area contributed by atoms with Crippen LogP contribution >= 0.6 is 11.8 Å². The Labute approximate surface area is 237 Å². The Morgan fingerprint density at radius 3 is 1.70 bits per heavy atom. The monoisotopic (exact) mass is 572 g/mol. The van der Waals surface area contributed by atoms with Crippen LogP contribution in [0.25, 0.3) is 0 Å². The number of carbonyl (C=O) groups excluding carboxylic acids is 3. The van der Waals surface area contributed by atoms with E-state index in [0.29, 0.717) is 17.7 Å². The Morgan fingerprint density at radius 1 is 0.725 bits per heavy atom. The molecule has 0 aliphatic heterocycles. The Bertz CT molecular complexity index is 1130. The molecule has 40 heavy (non-hydrogen) atoms. The highest BCUT2D eigenvalue weighted by Gasteiger charge is 2.31. The van der Waals surface area contributed by atoms with Gasteiger partial charge in [0.25, 0.3) is 0 Å². The number of carboxylic acids is 2. The van der Waals surface area contributed by atoms with E-state index in [-0.39, 0.29) is 19.3 Å². The van der Waals surface area contributed by atoms with Gasteiger partial charge in [0.15, 0.2) is 0 Å². The lowest BCUT2D eigenvalue weighted by Crippen LogP contribution is -2.57. The lowest BCUT2D eigenvalue weighted by atomic mass is 10.0. The van der Waals surface area contributed by atoms with Crippen molar-refractivity contribution in [1.29, 1.82) is 0 Å². The number of rotatable bonds is 17. The molecule has 4 unspecified atom stereocenters. The van der Waals surface area contributed by atoms with Crippen LogP contribution in [0.15, 0.2) is 60.7 Å². The standard InChI is InChI=1S/C28H36N4O7S/c1-40-15-14-20(29)25(35)31-22(16-18-8-4-2-5-9-18)27(37)30-21(12-13-24(33)34)26(36)32-23(28(38)39)17-19-10-6-3-7-11-19/h2-11,20-23H,12-17,29H2,1H3,(H,30,37)(H,31,35)(H,32,36)(H,33,34)(H,38,39). The van der Waals surface area contributed by atoms with Crippen molar-refractivity contribution in [1.82, 2.24) is 16.0 Å². The fraction of sp³-hybridized carbons (Fsp3) is 0.393. The van der Waals surface area contributed by atoms with E-state index in [1.165, 1.54) is 11.8 Å². The molecule has 2 aromatic carbocycles. The van der Waals surface area contributed by atoms with Crippen molar-refractivity contribution in [3.63, 3.8) is 0 Å². The van der Waals surface area contributed by atoms with Gasteiger partial charge < -0.3 is 31.9 Å². The van der Waals surface area contributed by atoms with Gasteiger partial charge >= 0.3 is 11.9 Å². The smallest absolute Gasteiger partial charge is 0.326 e. The van der Waals surface area contributed by atoms with Crippen molar-refractivity contribution in [3.8, 4) is 0 Å². The minimum atomic E-state index is -1.36. The molecule has 0 saturated carbocycles. The zero-order valence-corrected chi connectivity index (χ0v) is 23.1. The molecule has 7 N–H and O–H groups in total. The van der Waals surface area contributed by atoms with Gasteiger partial charge in [-0.25, -0.2) is 4.79 Å². The van der Waals surface area contributed by atoms with Gasteiger partial charge in [0.05, 0.1) is 6.04 Å². The first-order chi connectivity index (χ1) is 19.1. The molecule has 2 aromatic rings. The molecule has 216 valence electrons. The van der Waals surface area contributed by atoms with E-state index in [4.69, 9.17) is 5.73 Å². The number of nitrogens with one attached hydrogen (secondary N) is 3. The van der Waals surface area contributed by atoms with Gasteiger partial charge in [-0.05, 0) is 36.0 Å². The molecule has 0 fully saturated rings. The summed E-state index contributed by atoms with van der Waals surface area (Å²) in [6.07, 6.45) is 1.62. The maximum absolute atomic E-state index is 13.4. The quantitative estimate of drug-likeness (QED) is 0.160. The van der Waals surface area contributed by atoms with Gasteiger partial charge in [-0.15, -0.1) is 0 Å². The molecule has 3 amide bonds. The fourth-order valence-corrected chi connectivity index (χ4v) is 4.33. The molecule has 12 heteroatoms. The van der Waals surface area contributed by atoms with E-state index in [2.05, 4.69) is 16.0 Å². The van der Waals surface area contributed by atoms with Crippen LogP contribution in [-0.2, 0) is 36.8 Å². The summed E-state index contributed by atoms with van der Waals surface area (Å²) in [6, 6.07) is 12.9. The summed E-state index contributed by atoms with van der Waals surface area (Å²) in [6.45, 7) is 0. The van der Waals surface area contributed by atoms with Crippen molar-refractivity contribution in [2.45, 2.75) is 56.3 Å². The lowest BCUT2D eigenvalue weighted by molar-refractivity contribution is -0.143. The Hall–Kier alpha value is -3.90. The Balaban J connectivity index is 2.22. The number of hydrogen-bond acceptors (Lipinski definition) is 7. The van der Waals surface area contributed by atoms with Crippen molar-refractivity contribution in [3.05, 3.63) is 71.8 Å². The molecule has 11 nitrogen and oxygen atoms in total. The Kier molecular flexibility index (Phi) is 13.7. The molecule has 0 heterocycles. The second kappa shape index (κ2) is 16.9. The van der Waals surface area contributed by atoms with Crippen LogP contribution < -0.4 is 21.7 Å². The number of carbonyl (C=O) groups is 5. The predicted octanol–water partition coefficient (Wildman–Crippen LogP) is 0.956. The molecule has 0 aliphatic carbocycles. The number of aliphatic carboxylic acids is 2. The van der Waals surface area contributed by atoms with Crippen LogP contribution in [0.1, 0.15) is 30.4 Å². The summed E-state index contributed by atoms with van der Waals surface area (Å²) in [5, 5.41) is 26.4. The van der Waals surface area contributed by atoms with E-state index >= 15 is 0 Å². The first kappa shape index (κ1) is 32.3. The molecule has 0 aliphatic rings. The first-order valence-corrected chi connectivity index (χ1v) is 14.2. The van der Waals surface area contributed by atoms with Crippen LogP contribution in [0, 0.1) is 0 Å². The SMILES string of the molecule is CSCCC(N)C(=O)NC(Cc1ccccc1)C(=O)NC(CCC(=O)O)C(=O)NC(Cc1ccccc1)C(=O)O. The normalized spacial score (nSPS) is 13.8. The van der Waals surface area contributed by atoms with E-state index in [1.807, 2.05) is 6.26 Å². The molecule has 0 radical (unpaired) electrons. The fourth-order valence-electron chi connectivity index (χ4n) is 3.84. The zero-order valence-electron chi connectivity index (χ0n) is 22.2. The van der Waals surface area contributed by atoms with Gasteiger partial charge in [0, 0.05) is 19.3 Å². The number of amides is 3. The lowest BCUT2D eigenvalue weighted by Gasteiger charge is -2.25. The number of nitrogens with two attached hydrogens (primary N) is 1. The van der Waals surface area contributed by atoms with Crippen molar-refractivity contribution < 1.29 is 34.2 Å². The molecule has 2 rings (SSSR count). The molecule has 4 atom stereocenters. The molecule has 0 spiro atoms. The van der Waals surface area contributed by atoms with E-state index < -0.39 is 60.2 Å². The predicted molar refractivity (Wildman–Crippen MR) is 152 cm³/mol. The summed E-state index contributed by atoms with van der Waals surface area (Å²) in [5.41, 5.74) is 7.39. The molecule has 0 saturated heterocycles. The minimum absolute atomic E-state index is 0.0118. The summed E-state index contributed by atoms with van der Waals surface area (Å²) in [5.74, 6) is -3.94. The van der Waals surface area contributed by atoms with Gasteiger partial charge in [-0.1, -0.05) is 60.7 Å². The van der Waals surface area contributed by atoms with Crippen LogP contribution in [0.5, 0.6) is 0 Å². The highest BCUT2D eigenvalue weighted by molar-refractivity contribution is 7.98. The van der Waals surface area contributed by atoms with Gasteiger partial charge in [0.2, 0.25) is 17.7 Å². The summed E-state index contributed by atoms with van der Waals surface area (Å²) < 4.78 is 0. The molecular weight excluding hydrogens is 536 g/mol. The van der Waals surface area contributed by atoms with E-state index in [1.54, 1.807) is 60.7 Å². The maximum Gasteiger partial charge on any atom is 0.326 e. The van der Waals surface area contributed by atoms with Crippen LogP contribution in [0.3, 0.4) is 0 Å². The number of hydrogen-bond donors (Lipinski definition) is 6. The number of carboxylic acid groups (broad SMARTS) is 2. The highest BCUT2D eigenvalue weighted by Crippen LogP contribution is 2.09. The average Bonchev–Trinajstić information content (AvgIpc) is 2.93. The van der Waals surface area contributed by atoms with Crippen molar-refractivity contribution in [2.75, 3.05) is 12.0 Å². The zero-order chi connectivity index (χ0) is 29.5. The molecule has 0 bridgehead atoms. The minimum Gasteiger partial charge on any atom is -0.481 e. The molecular formula is C28H36N4O7S. The van der Waals surface area contributed by atoms with E-state index in [9.17, 15) is 34.2 Å². The third-order valence-electron chi connectivity index (χ3n) is 6.06. The first-order valence-electron chi connectivity index (χ1n) is 12.8. The Morgan fingerprint density at radius 2 is 1.20 bits per heavy atom. The summed E-state index contributed by atoms with van der Waals surface area (Å²) in [7, 11) is 0. The van der Waals surface area contributed by atoms with Gasteiger partial charge in [-0.3, -0.25) is 19.2 Å². The summed E-state index contributed by atoms with van der Waals surface area (Å²) >= 11 is 1.53.